The van der Waals surface area contributed by atoms with Crippen molar-refractivity contribution in [3.8, 4) is 5.69 Å². The molecule has 0 saturated carbocycles. The van der Waals surface area contributed by atoms with Crippen molar-refractivity contribution in [3.05, 3.63) is 56.9 Å². The average molecular weight is 413 g/mol. The highest BCUT2D eigenvalue weighted by molar-refractivity contribution is 5.79. The molecule has 3 rings (SSSR count). The van der Waals surface area contributed by atoms with Gasteiger partial charge in [-0.05, 0) is 44.2 Å². The summed E-state index contributed by atoms with van der Waals surface area (Å²) in [6.07, 6.45) is 2.36. The van der Waals surface area contributed by atoms with E-state index < -0.39 is 0 Å². The number of hydrogen-bond donors (Lipinski definition) is 1. The van der Waals surface area contributed by atoms with Crippen LogP contribution in [0.25, 0.3) is 5.69 Å². The van der Waals surface area contributed by atoms with Gasteiger partial charge in [-0.1, -0.05) is 32.0 Å². The van der Waals surface area contributed by atoms with Crippen molar-refractivity contribution in [2.24, 2.45) is 18.9 Å². The van der Waals surface area contributed by atoms with Gasteiger partial charge in [0.25, 0.3) is 5.56 Å². The molecular formula is C23H32N4O3. The number of anilines is 1. The maximum absolute atomic E-state index is 12.9. The van der Waals surface area contributed by atoms with Gasteiger partial charge in [-0.3, -0.25) is 18.7 Å². The zero-order valence-electron chi connectivity index (χ0n) is 18.4. The van der Waals surface area contributed by atoms with Crippen molar-refractivity contribution in [2.75, 3.05) is 24.5 Å². The molecule has 0 bridgehead atoms. The minimum atomic E-state index is -0.355. The lowest BCUT2D eigenvalue weighted by Gasteiger charge is -2.34. The Hall–Kier alpha value is -2.83. The summed E-state index contributed by atoms with van der Waals surface area (Å²) >= 11 is 0. The van der Waals surface area contributed by atoms with Gasteiger partial charge in [0.05, 0.1) is 11.4 Å². The van der Waals surface area contributed by atoms with Crippen molar-refractivity contribution in [3.63, 3.8) is 0 Å². The predicted octanol–water partition coefficient (Wildman–Crippen LogP) is 2.22. The van der Waals surface area contributed by atoms with Crippen LogP contribution in [-0.4, -0.2) is 34.7 Å². The van der Waals surface area contributed by atoms with Crippen LogP contribution in [0.3, 0.4) is 0 Å². The maximum atomic E-state index is 12.9. The molecule has 1 amide bonds. The summed E-state index contributed by atoms with van der Waals surface area (Å²) in [4.78, 5) is 40.2. The molecule has 0 unspecified atom stereocenters. The third-order valence-corrected chi connectivity index (χ3v) is 5.88. The third kappa shape index (κ3) is 4.50. The van der Waals surface area contributed by atoms with E-state index in [1.807, 2.05) is 42.2 Å². The fourth-order valence-corrected chi connectivity index (χ4v) is 4.04. The van der Waals surface area contributed by atoms with E-state index in [-0.39, 0.29) is 23.1 Å². The summed E-state index contributed by atoms with van der Waals surface area (Å²) < 4.78 is 2.75. The smallest absolute Gasteiger partial charge is 0.335 e. The molecule has 1 aromatic carbocycles. The molecule has 1 saturated heterocycles. The van der Waals surface area contributed by atoms with E-state index in [4.69, 9.17) is 0 Å². The molecule has 0 radical (unpaired) electrons. The van der Waals surface area contributed by atoms with E-state index in [9.17, 15) is 14.4 Å². The number of para-hydroxylation sites is 1. The Morgan fingerprint density at radius 2 is 1.77 bits per heavy atom. The highest BCUT2D eigenvalue weighted by Gasteiger charge is 2.28. The Balaban J connectivity index is 1.81. The molecule has 162 valence electrons. The van der Waals surface area contributed by atoms with Crippen molar-refractivity contribution < 1.29 is 4.79 Å². The van der Waals surface area contributed by atoms with Crippen LogP contribution in [0, 0.1) is 18.8 Å². The quantitative estimate of drug-likeness (QED) is 0.789. The zero-order valence-corrected chi connectivity index (χ0v) is 18.4. The number of piperidine rings is 1. The van der Waals surface area contributed by atoms with Crippen LogP contribution in [0.5, 0.6) is 0 Å². The first kappa shape index (κ1) is 21.9. The largest absolute Gasteiger partial charge is 0.366 e. The highest BCUT2D eigenvalue weighted by Crippen LogP contribution is 2.24. The first-order valence-electron chi connectivity index (χ1n) is 10.7. The molecule has 0 atom stereocenters. The minimum Gasteiger partial charge on any atom is -0.366 e. The predicted molar refractivity (Wildman–Crippen MR) is 119 cm³/mol. The van der Waals surface area contributed by atoms with Gasteiger partial charge < -0.3 is 10.2 Å². The normalized spacial score (nSPS) is 14.9. The van der Waals surface area contributed by atoms with E-state index >= 15 is 0 Å². The van der Waals surface area contributed by atoms with E-state index in [1.54, 1.807) is 4.57 Å². The second-order valence-electron chi connectivity index (χ2n) is 8.49. The molecule has 2 aromatic rings. The van der Waals surface area contributed by atoms with Crippen LogP contribution >= 0.6 is 0 Å². The van der Waals surface area contributed by atoms with Crippen LogP contribution < -0.4 is 21.5 Å². The molecule has 0 aliphatic carbocycles. The number of nitrogens with one attached hydrogen (secondary N) is 1. The molecule has 1 aliphatic heterocycles. The third-order valence-electron chi connectivity index (χ3n) is 5.88. The SMILES string of the molecule is Cc1c(N2CCC(C(=O)NCCC(C)C)CC2)c(=O)n(C)c(=O)n1-c1ccccc1. The van der Waals surface area contributed by atoms with Crippen LogP contribution in [0.2, 0.25) is 0 Å². The van der Waals surface area contributed by atoms with Crippen LogP contribution in [0.4, 0.5) is 5.69 Å². The van der Waals surface area contributed by atoms with Crippen LogP contribution in [0.1, 0.15) is 38.8 Å². The van der Waals surface area contributed by atoms with Crippen LogP contribution in [0.15, 0.2) is 39.9 Å². The van der Waals surface area contributed by atoms with Crippen molar-refractivity contribution in [2.45, 2.75) is 40.0 Å². The van der Waals surface area contributed by atoms with Gasteiger partial charge in [-0.2, -0.15) is 0 Å². The van der Waals surface area contributed by atoms with Gasteiger partial charge in [0, 0.05) is 32.6 Å². The number of benzene rings is 1. The number of amides is 1. The standard InChI is InChI=1S/C23H32N4O3/c1-16(2)10-13-24-21(28)18-11-14-26(15-12-18)20-17(3)27(19-8-6-5-7-9-19)23(30)25(4)22(20)29/h5-9,16,18H,10-15H2,1-4H3,(H,24,28). The number of carbonyl (C=O) groups is 1. The Bertz CT molecular complexity index is 1000. The molecule has 7 nitrogen and oxygen atoms in total. The van der Waals surface area contributed by atoms with Gasteiger partial charge in [-0.15, -0.1) is 0 Å². The van der Waals surface area contributed by atoms with Gasteiger partial charge in [0.1, 0.15) is 5.69 Å². The molecule has 0 spiro atoms. The van der Waals surface area contributed by atoms with Crippen LogP contribution in [-0.2, 0) is 11.8 Å². The first-order chi connectivity index (χ1) is 14.3. The number of aromatic nitrogens is 2. The lowest BCUT2D eigenvalue weighted by atomic mass is 9.95. The molecule has 1 aliphatic rings. The summed E-state index contributed by atoms with van der Waals surface area (Å²) in [7, 11) is 1.52. The summed E-state index contributed by atoms with van der Waals surface area (Å²) in [5.74, 6) is 0.637. The first-order valence-corrected chi connectivity index (χ1v) is 10.7. The summed E-state index contributed by atoms with van der Waals surface area (Å²) in [6, 6.07) is 9.35. The van der Waals surface area contributed by atoms with E-state index in [2.05, 4.69) is 19.2 Å². The Labute approximate surface area is 177 Å². The Morgan fingerprint density at radius 1 is 1.13 bits per heavy atom. The molecule has 1 aromatic heterocycles. The lowest BCUT2D eigenvalue weighted by Crippen LogP contribution is -2.46. The zero-order chi connectivity index (χ0) is 21.8. The fourth-order valence-electron chi connectivity index (χ4n) is 4.04. The Kier molecular flexibility index (Phi) is 6.80. The van der Waals surface area contributed by atoms with Crippen molar-refractivity contribution in [1.29, 1.82) is 0 Å². The fraction of sp³-hybridized carbons (Fsp3) is 0.522. The van der Waals surface area contributed by atoms with E-state index in [0.717, 1.165) is 12.1 Å². The number of hydrogen-bond acceptors (Lipinski definition) is 4. The van der Waals surface area contributed by atoms with E-state index in [0.29, 0.717) is 49.8 Å². The number of nitrogens with zero attached hydrogens (tertiary/aromatic N) is 3. The van der Waals surface area contributed by atoms with E-state index in [1.165, 1.54) is 11.6 Å². The van der Waals surface area contributed by atoms with Gasteiger partial charge in [-0.25, -0.2) is 4.79 Å². The Morgan fingerprint density at radius 3 is 2.37 bits per heavy atom. The summed E-state index contributed by atoms with van der Waals surface area (Å²) in [6.45, 7) is 8.04. The minimum absolute atomic E-state index is 0.0300. The molecule has 7 heteroatoms. The highest BCUT2D eigenvalue weighted by atomic mass is 16.2. The average Bonchev–Trinajstić information content (AvgIpc) is 2.73. The molecule has 30 heavy (non-hydrogen) atoms. The summed E-state index contributed by atoms with van der Waals surface area (Å²) in [5, 5.41) is 3.04. The molecule has 1 N–H and O–H groups in total. The van der Waals surface area contributed by atoms with Gasteiger partial charge in [0.15, 0.2) is 0 Å². The monoisotopic (exact) mass is 412 g/mol. The summed E-state index contributed by atoms with van der Waals surface area (Å²) in [5.41, 5.74) is 1.27. The second kappa shape index (κ2) is 9.32. The lowest BCUT2D eigenvalue weighted by molar-refractivity contribution is -0.125. The molecular weight excluding hydrogens is 380 g/mol. The molecule has 1 fully saturated rings. The van der Waals surface area contributed by atoms with Crippen molar-refractivity contribution in [1.82, 2.24) is 14.5 Å². The topological polar surface area (TPSA) is 76.3 Å². The second-order valence-corrected chi connectivity index (χ2v) is 8.49. The van der Waals surface area contributed by atoms with Gasteiger partial charge in [0.2, 0.25) is 5.91 Å². The number of rotatable bonds is 6. The number of carbonyl (C=O) groups excluding carboxylic acids is 1. The molecule has 2 heterocycles. The van der Waals surface area contributed by atoms with Crippen molar-refractivity contribution >= 4 is 11.6 Å². The maximum Gasteiger partial charge on any atom is 0.335 e. The van der Waals surface area contributed by atoms with Gasteiger partial charge >= 0.3 is 5.69 Å².